The molecule has 110 valence electrons. The van der Waals surface area contributed by atoms with Gasteiger partial charge in [-0.1, -0.05) is 51.2 Å². The van der Waals surface area contributed by atoms with Crippen LogP contribution in [-0.4, -0.2) is 25.5 Å². The average molecular weight is 274 g/mol. The van der Waals surface area contributed by atoms with Crippen LogP contribution in [0.4, 0.5) is 0 Å². The number of hydrogen-bond acceptors (Lipinski definition) is 3. The van der Waals surface area contributed by atoms with E-state index in [0.717, 1.165) is 43.3 Å². The molecule has 0 fully saturated rings. The van der Waals surface area contributed by atoms with E-state index in [2.05, 4.69) is 23.3 Å². The third-order valence-corrected chi connectivity index (χ3v) is 3.57. The van der Waals surface area contributed by atoms with Crippen LogP contribution in [0.25, 0.3) is 0 Å². The second-order valence-electron chi connectivity index (χ2n) is 5.27. The van der Waals surface area contributed by atoms with Gasteiger partial charge in [0, 0.05) is 6.54 Å². The highest BCUT2D eigenvalue weighted by atomic mass is 16.5. The van der Waals surface area contributed by atoms with Crippen molar-refractivity contribution in [2.45, 2.75) is 45.4 Å². The van der Waals surface area contributed by atoms with Crippen LogP contribution in [0.5, 0.6) is 5.75 Å². The summed E-state index contributed by atoms with van der Waals surface area (Å²) in [6.07, 6.45) is 7.74. The van der Waals surface area contributed by atoms with Crippen LogP contribution in [0.2, 0.25) is 0 Å². The highest BCUT2D eigenvalue weighted by molar-refractivity contribution is 6.02. The number of unbranched alkanes of at least 4 members (excludes halogenated alkanes) is 5. The van der Waals surface area contributed by atoms with Gasteiger partial charge in [-0.3, -0.25) is 4.99 Å². The number of amidine groups is 1. The van der Waals surface area contributed by atoms with E-state index in [-0.39, 0.29) is 0 Å². The van der Waals surface area contributed by atoms with Crippen molar-refractivity contribution < 1.29 is 4.74 Å². The maximum atomic E-state index is 5.94. The molecule has 3 heteroatoms. The number of hydrogen-bond donors (Lipinski definition) is 1. The number of para-hydroxylation sites is 1. The third kappa shape index (κ3) is 4.55. The molecule has 0 radical (unpaired) electrons. The lowest BCUT2D eigenvalue weighted by Crippen LogP contribution is -2.20. The van der Waals surface area contributed by atoms with Crippen LogP contribution in [0.3, 0.4) is 0 Å². The Morgan fingerprint density at radius 2 is 1.90 bits per heavy atom. The van der Waals surface area contributed by atoms with E-state index in [1.165, 1.54) is 32.1 Å². The minimum absolute atomic E-state index is 0.802. The van der Waals surface area contributed by atoms with Gasteiger partial charge >= 0.3 is 0 Å². The van der Waals surface area contributed by atoms with Crippen molar-refractivity contribution in [2.75, 3.05) is 19.7 Å². The molecule has 1 aliphatic rings. The quantitative estimate of drug-likeness (QED) is 0.695. The Labute approximate surface area is 122 Å². The van der Waals surface area contributed by atoms with Crippen LogP contribution in [0, 0.1) is 0 Å². The molecule has 0 unspecified atom stereocenters. The summed E-state index contributed by atoms with van der Waals surface area (Å²) in [4.78, 5) is 4.47. The maximum absolute atomic E-state index is 5.94. The Kier molecular flexibility index (Phi) is 6.42. The van der Waals surface area contributed by atoms with E-state index in [4.69, 9.17) is 4.74 Å². The van der Waals surface area contributed by atoms with Crippen LogP contribution in [-0.2, 0) is 0 Å². The van der Waals surface area contributed by atoms with E-state index in [1.807, 2.05) is 18.2 Å². The zero-order valence-corrected chi connectivity index (χ0v) is 12.5. The summed E-state index contributed by atoms with van der Waals surface area (Å²) >= 11 is 0. The van der Waals surface area contributed by atoms with Crippen LogP contribution in [0.1, 0.15) is 51.0 Å². The molecular weight excluding hydrogens is 248 g/mol. The first kappa shape index (κ1) is 14.9. The fraction of sp³-hybridized carbons (Fsp3) is 0.588. The van der Waals surface area contributed by atoms with Crippen molar-refractivity contribution in [1.82, 2.24) is 5.32 Å². The molecule has 0 bridgehead atoms. The maximum Gasteiger partial charge on any atom is 0.132 e. The average Bonchev–Trinajstić information content (AvgIpc) is 3.01. The van der Waals surface area contributed by atoms with Gasteiger partial charge in [0.2, 0.25) is 0 Å². The van der Waals surface area contributed by atoms with Gasteiger partial charge in [0.1, 0.15) is 11.6 Å². The SMILES string of the molecule is CCCCCCCCOc1ccccc1C1=NCCN1. The smallest absolute Gasteiger partial charge is 0.132 e. The lowest BCUT2D eigenvalue weighted by molar-refractivity contribution is 0.304. The summed E-state index contributed by atoms with van der Waals surface area (Å²) < 4.78 is 5.94. The Hall–Kier alpha value is -1.51. The lowest BCUT2D eigenvalue weighted by Gasteiger charge is -2.11. The van der Waals surface area contributed by atoms with E-state index in [1.54, 1.807) is 0 Å². The fourth-order valence-corrected chi connectivity index (χ4v) is 2.43. The molecule has 3 nitrogen and oxygen atoms in total. The molecule has 1 aromatic carbocycles. The van der Waals surface area contributed by atoms with Gasteiger partial charge in [0.15, 0.2) is 0 Å². The monoisotopic (exact) mass is 274 g/mol. The number of aliphatic imine (C=N–C) groups is 1. The number of nitrogens with one attached hydrogen (secondary N) is 1. The number of nitrogens with zero attached hydrogens (tertiary/aromatic N) is 1. The zero-order valence-electron chi connectivity index (χ0n) is 12.5. The van der Waals surface area contributed by atoms with Gasteiger partial charge < -0.3 is 10.1 Å². The molecule has 20 heavy (non-hydrogen) atoms. The first-order chi connectivity index (χ1) is 9.92. The molecule has 0 spiro atoms. The summed E-state index contributed by atoms with van der Waals surface area (Å²) in [7, 11) is 0. The van der Waals surface area contributed by atoms with Gasteiger partial charge in [0.25, 0.3) is 0 Å². The van der Waals surface area contributed by atoms with Crippen molar-refractivity contribution >= 4 is 5.84 Å². The summed E-state index contributed by atoms with van der Waals surface area (Å²) in [5.74, 6) is 1.93. The van der Waals surface area contributed by atoms with E-state index >= 15 is 0 Å². The Morgan fingerprint density at radius 3 is 2.70 bits per heavy atom. The number of ether oxygens (including phenoxy) is 1. The van der Waals surface area contributed by atoms with Gasteiger partial charge in [0.05, 0.1) is 18.7 Å². The number of rotatable bonds is 9. The standard InChI is InChI=1S/C17H26N2O/c1-2-3-4-5-6-9-14-20-16-11-8-7-10-15(16)17-18-12-13-19-17/h7-8,10-11H,2-6,9,12-14H2,1H3,(H,18,19). The highest BCUT2D eigenvalue weighted by Crippen LogP contribution is 2.19. The molecule has 0 saturated carbocycles. The Balaban J connectivity index is 1.75. The second-order valence-corrected chi connectivity index (χ2v) is 5.27. The summed E-state index contributed by atoms with van der Waals surface area (Å²) in [5, 5.41) is 3.31. The first-order valence-electron chi connectivity index (χ1n) is 7.92. The third-order valence-electron chi connectivity index (χ3n) is 3.57. The van der Waals surface area contributed by atoms with Gasteiger partial charge in [-0.15, -0.1) is 0 Å². The molecule has 1 heterocycles. The zero-order chi connectivity index (χ0) is 14.0. The van der Waals surface area contributed by atoms with Gasteiger partial charge in [-0.05, 0) is 18.6 Å². The largest absolute Gasteiger partial charge is 0.493 e. The van der Waals surface area contributed by atoms with Crippen molar-refractivity contribution in [3.8, 4) is 5.75 Å². The second kappa shape index (κ2) is 8.62. The molecule has 1 aromatic rings. The van der Waals surface area contributed by atoms with Crippen LogP contribution in [0.15, 0.2) is 29.3 Å². The van der Waals surface area contributed by atoms with Crippen molar-refractivity contribution in [3.63, 3.8) is 0 Å². The van der Waals surface area contributed by atoms with Crippen LogP contribution >= 0.6 is 0 Å². The molecule has 1 N–H and O–H groups in total. The van der Waals surface area contributed by atoms with Gasteiger partial charge in [-0.25, -0.2) is 0 Å². The van der Waals surface area contributed by atoms with Crippen molar-refractivity contribution in [3.05, 3.63) is 29.8 Å². The van der Waals surface area contributed by atoms with Gasteiger partial charge in [-0.2, -0.15) is 0 Å². The minimum atomic E-state index is 0.802. The molecule has 2 rings (SSSR count). The van der Waals surface area contributed by atoms with E-state index in [9.17, 15) is 0 Å². The summed E-state index contributed by atoms with van der Waals surface area (Å²) in [6, 6.07) is 8.17. The Morgan fingerprint density at radius 1 is 1.10 bits per heavy atom. The highest BCUT2D eigenvalue weighted by Gasteiger charge is 2.12. The Bertz CT molecular complexity index is 429. The minimum Gasteiger partial charge on any atom is -0.493 e. The first-order valence-corrected chi connectivity index (χ1v) is 7.92. The van der Waals surface area contributed by atoms with Crippen LogP contribution < -0.4 is 10.1 Å². The lowest BCUT2D eigenvalue weighted by atomic mass is 10.1. The number of benzene rings is 1. The summed E-state index contributed by atoms with van der Waals surface area (Å²) in [6.45, 7) is 4.85. The van der Waals surface area contributed by atoms with E-state index in [0.29, 0.717) is 0 Å². The summed E-state index contributed by atoms with van der Waals surface area (Å²) in [5.41, 5.74) is 1.09. The normalized spacial score (nSPS) is 13.9. The molecule has 1 aliphatic heterocycles. The fourth-order valence-electron chi connectivity index (χ4n) is 2.43. The predicted octanol–water partition coefficient (Wildman–Crippen LogP) is 3.78. The predicted molar refractivity (Wildman–Crippen MR) is 84.7 cm³/mol. The van der Waals surface area contributed by atoms with Crippen molar-refractivity contribution in [2.24, 2.45) is 4.99 Å². The molecule has 0 saturated heterocycles. The topological polar surface area (TPSA) is 33.6 Å². The molecule has 0 aromatic heterocycles. The molecule has 0 amide bonds. The van der Waals surface area contributed by atoms with E-state index < -0.39 is 0 Å². The molecule has 0 atom stereocenters. The van der Waals surface area contributed by atoms with Crippen molar-refractivity contribution in [1.29, 1.82) is 0 Å². The molecule has 0 aliphatic carbocycles. The molecular formula is C17H26N2O.